The van der Waals surface area contributed by atoms with Gasteiger partial charge in [-0.3, -0.25) is 14.4 Å². The average Bonchev–Trinajstić information content (AvgIpc) is 2.97. The van der Waals surface area contributed by atoms with Gasteiger partial charge in [0.05, 0.1) is 19.8 Å². The smallest absolute Gasteiger partial charge is 0.325 e. The zero-order valence-corrected chi connectivity index (χ0v) is 15.1. The fourth-order valence-electron chi connectivity index (χ4n) is 1.65. The lowest BCUT2D eigenvalue weighted by Crippen LogP contribution is -2.31. The van der Waals surface area contributed by atoms with Gasteiger partial charge in [0.2, 0.25) is 5.78 Å². The number of carbonyl (C=O) groups excluding carboxylic acids is 3. The number of Topliss-reactive ketones (excluding diaryl/α,β-unsaturated/α-hetero) is 1. The van der Waals surface area contributed by atoms with Crippen LogP contribution in [0.15, 0.2) is 30.3 Å². The first-order valence-corrected chi connectivity index (χ1v) is 8.49. The fourth-order valence-corrected chi connectivity index (χ4v) is 3.12. The molecule has 1 N–H and O–H groups in total. The van der Waals surface area contributed by atoms with Crippen LogP contribution in [0.25, 0.3) is 0 Å². The van der Waals surface area contributed by atoms with Gasteiger partial charge >= 0.3 is 5.97 Å². The van der Waals surface area contributed by atoms with Crippen LogP contribution in [0.2, 0.25) is 14.4 Å². The molecule has 0 saturated carbocycles. The van der Waals surface area contributed by atoms with Crippen LogP contribution in [0.3, 0.4) is 0 Å². The third-order valence-electron chi connectivity index (χ3n) is 2.78. The molecule has 0 spiro atoms. The van der Waals surface area contributed by atoms with Crippen molar-refractivity contribution in [3.63, 3.8) is 0 Å². The lowest BCUT2D eigenvalue weighted by Gasteiger charge is -2.07. The number of ketones is 1. The molecule has 1 aromatic carbocycles. The first kappa shape index (κ1) is 18.7. The van der Waals surface area contributed by atoms with Crippen LogP contribution in [0.5, 0.6) is 0 Å². The molecule has 0 aliphatic rings. The molecule has 0 bridgehead atoms. The van der Waals surface area contributed by atoms with Gasteiger partial charge in [-0.1, -0.05) is 34.8 Å². The van der Waals surface area contributed by atoms with E-state index in [9.17, 15) is 14.4 Å². The molecule has 1 amide bonds. The third-order valence-corrected chi connectivity index (χ3v) is 4.60. The Morgan fingerprint density at radius 3 is 2.46 bits per heavy atom. The van der Waals surface area contributed by atoms with Crippen molar-refractivity contribution in [3.8, 4) is 0 Å². The summed E-state index contributed by atoms with van der Waals surface area (Å²) in [7, 11) is 0. The molecule has 5 nitrogen and oxygen atoms in total. The Morgan fingerprint density at radius 1 is 1.08 bits per heavy atom. The molecule has 2 aromatic rings. The van der Waals surface area contributed by atoms with E-state index in [1.807, 2.05) is 0 Å². The first-order chi connectivity index (χ1) is 11.4. The molecule has 0 fully saturated rings. The molecule has 126 valence electrons. The van der Waals surface area contributed by atoms with Gasteiger partial charge < -0.3 is 10.1 Å². The maximum absolute atomic E-state index is 11.9. The molecule has 0 aliphatic heterocycles. The lowest BCUT2D eigenvalue weighted by atomic mass is 10.2. The minimum Gasteiger partial charge on any atom is -0.456 e. The standard InChI is InChI=1S/C15H10Cl3NO4S/c16-8-1-2-9(10(17)5-8)15(22)19-6-14(21)23-7-11(20)12-3-4-13(18)24-12/h1-5H,6-7H2,(H,19,22). The monoisotopic (exact) mass is 405 g/mol. The van der Waals surface area contributed by atoms with E-state index in [-0.39, 0.29) is 16.4 Å². The molecular weight excluding hydrogens is 397 g/mol. The summed E-state index contributed by atoms with van der Waals surface area (Å²) in [6, 6.07) is 7.49. The van der Waals surface area contributed by atoms with Gasteiger partial charge in [-0.05, 0) is 30.3 Å². The zero-order chi connectivity index (χ0) is 17.7. The lowest BCUT2D eigenvalue weighted by molar-refractivity contribution is -0.141. The van der Waals surface area contributed by atoms with E-state index in [0.717, 1.165) is 11.3 Å². The van der Waals surface area contributed by atoms with Gasteiger partial charge in [0.15, 0.2) is 6.61 Å². The third kappa shape index (κ3) is 5.21. The Hall–Kier alpha value is -1.60. The van der Waals surface area contributed by atoms with Crippen LogP contribution in [0.4, 0.5) is 0 Å². The molecule has 0 atom stereocenters. The largest absolute Gasteiger partial charge is 0.456 e. The number of amides is 1. The quantitative estimate of drug-likeness (QED) is 0.584. The number of rotatable bonds is 6. The number of thiophene rings is 1. The van der Waals surface area contributed by atoms with Crippen LogP contribution in [0, 0.1) is 0 Å². The summed E-state index contributed by atoms with van der Waals surface area (Å²) in [4.78, 5) is 35.7. The number of hydrogen-bond donors (Lipinski definition) is 1. The van der Waals surface area contributed by atoms with Crippen molar-refractivity contribution in [1.29, 1.82) is 0 Å². The van der Waals surface area contributed by atoms with Crippen molar-refractivity contribution >= 4 is 63.8 Å². The molecule has 24 heavy (non-hydrogen) atoms. The molecule has 1 heterocycles. The number of esters is 1. The van der Waals surface area contributed by atoms with Gasteiger partial charge in [-0.2, -0.15) is 0 Å². The van der Waals surface area contributed by atoms with Crippen LogP contribution in [-0.4, -0.2) is 30.8 Å². The van der Waals surface area contributed by atoms with Crippen molar-refractivity contribution in [3.05, 3.63) is 55.2 Å². The van der Waals surface area contributed by atoms with Crippen molar-refractivity contribution in [2.75, 3.05) is 13.2 Å². The van der Waals surface area contributed by atoms with E-state index in [0.29, 0.717) is 14.2 Å². The van der Waals surface area contributed by atoms with Crippen molar-refractivity contribution in [2.45, 2.75) is 0 Å². The minimum absolute atomic E-state index is 0.165. The summed E-state index contributed by atoms with van der Waals surface area (Å²) in [5.74, 6) is -1.67. The number of hydrogen-bond acceptors (Lipinski definition) is 5. The topological polar surface area (TPSA) is 72.5 Å². The average molecular weight is 407 g/mol. The molecular formula is C15H10Cl3NO4S. The Labute approximate surface area is 156 Å². The normalized spacial score (nSPS) is 10.3. The van der Waals surface area contributed by atoms with E-state index in [1.165, 1.54) is 18.2 Å². The molecule has 0 radical (unpaired) electrons. The first-order valence-electron chi connectivity index (χ1n) is 6.54. The predicted molar refractivity (Wildman–Crippen MR) is 93.4 cm³/mol. The number of ether oxygens (including phenoxy) is 1. The summed E-state index contributed by atoms with van der Waals surface area (Å²) in [6.07, 6.45) is 0. The highest BCUT2D eigenvalue weighted by Crippen LogP contribution is 2.22. The maximum atomic E-state index is 11.9. The predicted octanol–water partition coefficient (Wildman–Crippen LogP) is 3.86. The highest BCUT2D eigenvalue weighted by molar-refractivity contribution is 7.18. The Morgan fingerprint density at radius 2 is 1.83 bits per heavy atom. The molecule has 9 heteroatoms. The molecule has 0 unspecified atom stereocenters. The van der Waals surface area contributed by atoms with Gasteiger partial charge in [0.1, 0.15) is 6.54 Å². The van der Waals surface area contributed by atoms with Crippen molar-refractivity contribution in [2.24, 2.45) is 0 Å². The number of nitrogens with one attached hydrogen (secondary N) is 1. The highest BCUT2D eigenvalue weighted by Gasteiger charge is 2.15. The maximum Gasteiger partial charge on any atom is 0.325 e. The summed E-state index contributed by atoms with van der Waals surface area (Å²) >= 11 is 18.5. The van der Waals surface area contributed by atoms with Crippen LogP contribution >= 0.6 is 46.1 Å². The van der Waals surface area contributed by atoms with Crippen LogP contribution in [0.1, 0.15) is 20.0 Å². The van der Waals surface area contributed by atoms with E-state index in [2.05, 4.69) is 5.32 Å². The summed E-state index contributed by atoms with van der Waals surface area (Å²) in [6.45, 7) is -0.816. The number of carbonyl (C=O) groups is 3. The molecule has 0 saturated heterocycles. The minimum atomic E-state index is -0.746. The van der Waals surface area contributed by atoms with Gasteiger partial charge in [-0.25, -0.2) is 0 Å². The SMILES string of the molecule is O=C(CNC(=O)c1ccc(Cl)cc1Cl)OCC(=O)c1ccc(Cl)s1. The second-order valence-corrected chi connectivity index (χ2v) is 7.05. The second-order valence-electron chi connectivity index (χ2n) is 4.49. The second kappa shape index (κ2) is 8.48. The fraction of sp³-hybridized carbons (Fsp3) is 0.133. The van der Waals surface area contributed by atoms with Gasteiger partial charge in [0.25, 0.3) is 5.91 Å². The van der Waals surface area contributed by atoms with E-state index < -0.39 is 25.0 Å². The number of halogens is 3. The Balaban J connectivity index is 1.80. The summed E-state index contributed by atoms with van der Waals surface area (Å²) < 4.78 is 5.28. The van der Waals surface area contributed by atoms with Crippen LogP contribution in [-0.2, 0) is 9.53 Å². The zero-order valence-electron chi connectivity index (χ0n) is 12.0. The Kier molecular flexibility index (Phi) is 6.62. The molecule has 1 aromatic heterocycles. The van der Waals surface area contributed by atoms with E-state index in [1.54, 1.807) is 12.1 Å². The molecule has 0 aliphatic carbocycles. The number of benzene rings is 1. The molecule has 2 rings (SSSR count). The van der Waals surface area contributed by atoms with E-state index >= 15 is 0 Å². The van der Waals surface area contributed by atoms with Gasteiger partial charge in [0, 0.05) is 5.02 Å². The highest BCUT2D eigenvalue weighted by atomic mass is 35.5. The van der Waals surface area contributed by atoms with E-state index in [4.69, 9.17) is 39.5 Å². The van der Waals surface area contributed by atoms with Gasteiger partial charge in [-0.15, -0.1) is 11.3 Å². The summed E-state index contributed by atoms with van der Waals surface area (Å²) in [5.41, 5.74) is 0.179. The van der Waals surface area contributed by atoms with Crippen LogP contribution < -0.4 is 5.32 Å². The van der Waals surface area contributed by atoms with Crippen molar-refractivity contribution in [1.82, 2.24) is 5.32 Å². The summed E-state index contributed by atoms with van der Waals surface area (Å²) in [5, 5.41) is 2.91. The van der Waals surface area contributed by atoms with Crippen molar-refractivity contribution < 1.29 is 19.1 Å². The Bertz CT molecular complexity index is 791.